The fraction of sp³-hybridized carbons (Fsp3) is 0.650. The molecule has 1 aliphatic heterocycles. The molecule has 1 saturated heterocycles. The summed E-state index contributed by atoms with van der Waals surface area (Å²) in [5, 5.41) is 26.9. The molecule has 7 heteroatoms. The molecule has 2 atom stereocenters. The Balaban J connectivity index is 1.32. The Kier molecular flexibility index (Phi) is 5.41. The second kappa shape index (κ2) is 7.94. The molecule has 146 valence electrons. The summed E-state index contributed by atoms with van der Waals surface area (Å²) in [4.78, 5) is 2.49. The van der Waals surface area contributed by atoms with Crippen LogP contribution in [0.5, 0.6) is 0 Å². The Morgan fingerprint density at radius 2 is 1.81 bits per heavy atom. The second-order valence-corrected chi connectivity index (χ2v) is 7.99. The zero-order valence-corrected chi connectivity index (χ0v) is 16.3. The summed E-state index contributed by atoms with van der Waals surface area (Å²) >= 11 is 0. The number of anilines is 1. The maximum absolute atomic E-state index is 10.3. The number of piperidine rings is 1. The third kappa shape index (κ3) is 4.14. The summed E-state index contributed by atoms with van der Waals surface area (Å²) in [6.07, 6.45) is 6.52. The van der Waals surface area contributed by atoms with Gasteiger partial charge in [-0.1, -0.05) is 12.8 Å². The summed E-state index contributed by atoms with van der Waals surface area (Å²) in [6.45, 7) is 6.07. The van der Waals surface area contributed by atoms with Crippen LogP contribution in [0.4, 0.5) is 5.82 Å². The van der Waals surface area contributed by atoms with Crippen molar-refractivity contribution in [3.8, 4) is 5.82 Å². The van der Waals surface area contributed by atoms with Crippen LogP contribution in [0.2, 0.25) is 0 Å². The topological polar surface area (TPSA) is 79.1 Å². The van der Waals surface area contributed by atoms with E-state index in [4.69, 9.17) is 0 Å². The van der Waals surface area contributed by atoms with Gasteiger partial charge in [-0.25, -0.2) is 4.68 Å². The van der Waals surface area contributed by atoms with E-state index in [1.807, 2.05) is 36.7 Å². The van der Waals surface area contributed by atoms with E-state index in [1.54, 1.807) is 0 Å². The number of rotatable bonds is 4. The SMILES string of the molecule is Cc1cc(C)n(-c2ccc(NC3CCN(C4CCCCC4O)CC3)nn2)n1. The van der Waals surface area contributed by atoms with Gasteiger partial charge < -0.3 is 10.4 Å². The lowest BCUT2D eigenvalue weighted by Crippen LogP contribution is -2.50. The number of nitrogens with one attached hydrogen (secondary N) is 1. The van der Waals surface area contributed by atoms with E-state index >= 15 is 0 Å². The van der Waals surface area contributed by atoms with Crippen LogP contribution in [0.25, 0.3) is 5.82 Å². The van der Waals surface area contributed by atoms with Crippen molar-refractivity contribution in [1.82, 2.24) is 24.9 Å². The molecule has 0 bridgehead atoms. The molecule has 0 spiro atoms. The molecule has 1 aliphatic carbocycles. The summed E-state index contributed by atoms with van der Waals surface area (Å²) in [7, 11) is 0. The Bertz CT molecular complexity index is 750. The van der Waals surface area contributed by atoms with Gasteiger partial charge in [-0.05, 0) is 57.7 Å². The van der Waals surface area contributed by atoms with E-state index in [9.17, 15) is 5.11 Å². The standard InChI is InChI=1S/C20H30N6O/c1-14-13-15(2)26(24-14)20-8-7-19(22-23-20)21-16-9-11-25(12-10-16)17-5-3-4-6-18(17)27/h7-8,13,16-18,27H,3-6,9-12H2,1-2H3,(H,21,22). The van der Waals surface area contributed by atoms with Gasteiger partial charge >= 0.3 is 0 Å². The fourth-order valence-corrected chi connectivity index (χ4v) is 4.48. The van der Waals surface area contributed by atoms with Crippen molar-refractivity contribution in [1.29, 1.82) is 0 Å². The molecule has 2 unspecified atom stereocenters. The number of aliphatic hydroxyl groups excluding tert-OH is 1. The smallest absolute Gasteiger partial charge is 0.176 e. The number of nitrogens with zero attached hydrogens (tertiary/aromatic N) is 5. The fourth-order valence-electron chi connectivity index (χ4n) is 4.48. The van der Waals surface area contributed by atoms with Crippen molar-refractivity contribution in [3.05, 3.63) is 29.6 Å². The molecule has 27 heavy (non-hydrogen) atoms. The largest absolute Gasteiger partial charge is 0.391 e. The third-order valence-electron chi connectivity index (χ3n) is 5.92. The maximum atomic E-state index is 10.3. The molecule has 2 N–H and O–H groups in total. The van der Waals surface area contributed by atoms with E-state index in [2.05, 4.69) is 25.5 Å². The molecule has 7 nitrogen and oxygen atoms in total. The molecular weight excluding hydrogens is 340 g/mol. The summed E-state index contributed by atoms with van der Waals surface area (Å²) in [5.41, 5.74) is 2.03. The number of aliphatic hydroxyl groups is 1. The van der Waals surface area contributed by atoms with Crippen molar-refractivity contribution in [2.24, 2.45) is 0 Å². The van der Waals surface area contributed by atoms with Crippen molar-refractivity contribution in [3.63, 3.8) is 0 Å². The number of aromatic nitrogens is 4. The van der Waals surface area contributed by atoms with Gasteiger partial charge in [0.15, 0.2) is 5.82 Å². The van der Waals surface area contributed by atoms with E-state index in [0.717, 1.165) is 61.8 Å². The van der Waals surface area contributed by atoms with Crippen molar-refractivity contribution < 1.29 is 5.11 Å². The zero-order valence-electron chi connectivity index (χ0n) is 16.3. The lowest BCUT2D eigenvalue weighted by molar-refractivity contribution is 0.00992. The van der Waals surface area contributed by atoms with Crippen LogP contribution < -0.4 is 5.32 Å². The van der Waals surface area contributed by atoms with E-state index < -0.39 is 0 Å². The lowest BCUT2D eigenvalue weighted by atomic mass is 9.89. The van der Waals surface area contributed by atoms with Gasteiger partial charge in [-0.15, -0.1) is 10.2 Å². The molecule has 4 rings (SSSR count). The average molecular weight is 371 g/mol. The van der Waals surface area contributed by atoms with Crippen LogP contribution in [0.3, 0.4) is 0 Å². The van der Waals surface area contributed by atoms with Gasteiger partial charge in [0, 0.05) is 30.9 Å². The van der Waals surface area contributed by atoms with Gasteiger partial charge in [0.1, 0.15) is 5.82 Å². The van der Waals surface area contributed by atoms with Crippen molar-refractivity contribution >= 4 is 5.82 Å². The Morgan fingerprint density at radius 3 is 2.44 bits per heavy atom. The zero-order chi connectivity index (χ0) is 18.8. The molecule has 0 radical (unpaired) electrons. The highest BCUT2D eigenvalue weighted by Gasteiger charge is 2.31. The first-order chi connectivity index (χ1) is 13.1. The number of likely N-dealkylation sites (tertiary alicyclic amines) is 1. The first-order valence-corrected chi connectivity index (χ1v) is 10.2. The predicted molar refractivity (Wildman–Crippen MR) is 105 cm³/mol. The molecule has 0 aromatic carbocycles. The minimum absolute atomic E-state index is 0.143. The first-order valence-electron chi connectivity index (χ1n) is 10.2. The quantitative estimate of drug-likeness (QED) is 0.861. The highest BCUT2D eigenvalue weighted by atomic mass is 16.3. The van der Waals surface area contributed by atoms with Gasteiger partial charge in [0.2, 0.25) is 0 Å². The lowest BCUT2D eigenvalue weighted by Gasteiger charge is -2.41. The van der Waals surface area contributed by atoms with Gasteiger partial charge in [-0.3, -0.25) is 4.90 Å². The summed E-state index contributed by atoms with van der Waals surface area (Å²) < 4.78 is 1.82. The molecule has 2 aromatic heterocycles. The van der Waals surface area contributed by atoms with Crippen molar-refractivity contribution in [2.75, 3.05) is 18.4 Å². The van der Waals surface area contributed by atoms with Gasteiger partial charge in [0.25, 0.3) is 0 Å². The monoisotopic (exact) mass is 370 g/mol. The number of hydrogen-bond acceptors (Lipinski definition) is 6. The van der Waals surface area contributed by atoms with E-state index in [0.29, 0.717) is 12.1 Å². The van der Waals surface area contributed by atoms with E-state index in [1.165, 1.54) is 12.8 Å². The highest BCUT2D eigenvalue weighted by molar-refractivity contribution is 5.38. The van der Waals surface area contributed by atoms with E-state index in [-0.39, 0.29) is 6.10 Å². The maximum Gasteiger partial charge on any atom is 0.176 e. The second-order valence-electron chi connectivity index (χ2n) is 7.99. The molecule has 2 fully saturated rings. The molecule has 1 saturated carbocycles. The highest BCUT2D eigenvalue weighted by Crippen LogP contribution is 2.26. The van der Waals surface area contributed by atoms with Crippen LogP contribution in [0.15, 0.2) is 18.2 Å². The van der Waals surface area contributed by atoms with Crippen LogP contribution in [0, 0.1) is 13.8 Å². The third-order valence-corrected chi connectivity index (χ3v) is 5.92. The van der Waals surface area contributed by atoms with Crippen molar-refractivity contribution in [2.45, 2.75) is 70.6 Å². The number of aryl methyl sites for hydroxylation is 2. The molecular formula is C20H30N6O. The number of hydrogen-bond donors (Lipinski definition) is 2. The molecule has 2 aliphatic rings. The average Bonchev–Trinajstić information content (AvgIpc) is 3.02. The minimum atomic E-state index is -0.143. The normalized spacial score (nSPS) is 24.9. The van der Waals surface area contributed by atoms with Crippen LogP contribution in [-0.2, 0) is 0 Å². The first kappa shape index (κ1) is 18.4. The molecule has 2 aromatic rings. The van der Waals surface area contributed by atoms with Crippen LogP contribution in [-0.4, -0.2) is 61.3 Å². The molecule has 3 heterocycles. The predicted octanol–water partition coefficient (Wildman–Crippen LogP) is 2.46. The molecule has 0 amide bonds. The summed E-state index contributed by atoms with van der Waals surface area (Å²) in [6, 6.07) is 6.75. The Morgan fingerprint density at radius 1 is 1.04 bits per heavy atom. The van der Waals surface area contributed by atoms with Gasteiger partial charge in [-0.2, -0.15) is 5.10 Å². The van der Waals surface area contributed by atoms with Gasteiger partial charge in [0.05, 0.1) is 11.8 Å². The Labute approximate surface area is 160 Å². The Hall–Kier alpha value is -1.99. The van der Waals surface area contributed by atoms with Crippen LogP contribution in [0.1, 0.15) is 49.9 Å². The summed E-state index contributed by atoms with van der Waals surface area (Å²) in [5.74, 6) is 1.56. The minimum Gasteiger partial charge on any atom is -0.391 e. The van der Waals surface area contributed by atoms with Crippen LogP contribution >= 0.6 is 0 Å².